The minimum atomic E-state index is -0.0214. The minimum absolute atomic E-state index is 0. The Balaban J connectivity index is 0.00000180. The molecule has 1 amide bonds. The van der Waals surface area contributed by atoms with E-state index in [4.69, 9.17) is 0 Å². The van der Waals surface area contributed by atoms with Crippen molar-refractivity contribution in [2.75, 3.05) is 5.32 Å². The van der Waals surface area contributed by atoms with E-state index in [-0.39, 0.29) is 7.33 Å². The number of carbonyl (C=O) groups excluding carboxylic acids is 1. The Kier molecular flexibility index (Phi) is 3.98. The van der Waals surface area contributed by atoms with Gasteiger partial charge in [-0.15, -0.1) is 0 Å². The fraction of sp³-hybridized carbons (Fsp3) is 0.312. The van der Waals surface area contributed by atoms with Crippen molar-refractivity contribution in [3.63, 3.8) is 0 Å². The molecule has 0 saturated carbocycles. The van der Waals surface area contributed by atoms with Crippen LogP contribution in [0.2, 0.25) is 0 Å². The maximum atomic E-state index is 12.0. The minimum Gasteiger partial charge on any atom is -0.322 e. The summed E-state index contributed by atoms with van der Waals surface area (Å²) in [4.78, 5) is 12.0. The van der Waals surface area contributed by atoms with E-state index >= 15 is 0 Å². The Morgan fingerprint density at radius 2 is 2.17 bits per heavy atom. The van der Waals surface area contributed by atoms with Crippen LogP contribution in [-0.2, 0) is 4.79 Å². The quantitative estimate of drug-likeness (QED) is 0.844. The maximum absolute atomic E-state index is 12.0. The van der Waals surface area contributed by atoms with Crippen molar-refractivity contribution >= 4 is 11.6 Å². The lowest BCUT2D eigenvalue weighted by molar-refractivity contribution is -0.112. The van der Waals surface area contributed by atoms with Gasteiger partial charge >= 0.3 is 0 Å². The van der Waals surface area contributed by atoms with Crippen molar-refractivity contribution in [2.24, 2.45) is 0 Å². The molecule has 0 spiro atoms. The number of nitrogens with one attached hydrogen (secondary N) is 1. The topological polar surface area (TPSA) is 29.1 Å². The average Bonchev–Trinajstić information content (AvgIpc) is 2.40. The van der Waals surface area contributed by atoms with Crippen LogP contribution in [0.1, 0.15) is 39.6 Å². The second kappa shape index (κ2) is 5.67. The molecule has 2 nitrogen and oxygen atoms in total. The molecule has 0 aliphatic heterocycles. The van der Waals surface area contributed by atoms with Crippen molar-refractivity contribution in [1.82, 2.24) is 0 Å². The smallest absolute Gasteiger partial charge is 0.255 e. The number of rotatable bonds is 3. The van der Waals surface area contributed by atoms with Gasteiger partial charge in [-0.25, -0.2) is 0 Å². The summed E-state index contributed by atoms with van der Waals surface area (Å²) in [5.41, 5.74) is 2.86. The third-order valence-corrected chi connectivity index (χ3v) is 3.07. The van der Waals surface area contributed by atoms with Crippen molar-refractivity contribution in [2.45, 2.75) is 32.6 Å². The third kappa shape index (κ3) is 3.10. The highest BCUT2D eigenvalue weighted by Crippen LogP contribution is 2.19. The van der Waals surface area contributed by atoms with Gasteiger partial charge in [-0.2, -0.15) is 0 Å². The maximum Gasteiger partial charge on any atom is 0.255 e. The van der Waals surface area contributed by atoms with E-state index in [0.717, 1.165) is 24.1 Å². The molecule has 0 unspecified atom stereocenters. The van der Waals surface area contributed by atoms with Crippen LogP contribution in [0.5, 0.6) is 0 Å². The lowest BCUT2D eigenvalue weighted by Gasteiger charge is -2.11. The number of hydrogen-bond donors (Lipinski definition) is 1. The second-order valence-electron chi connectivity index (χ2n) is 4.87. The molecular weight excluding hydrogens is 222 g/mol. The normalized spacial score (nSPS) is 14.5. The van der Waals surface area contributed by atoms with E-state index < -0.39 is 0 Å². The number of allylic oxidation sites excluding steroid dienone is 2. The van der Waals surface area contributed by atoms with Crippen LogP contribution in [-0.4, -0.2) is 5.91 Å². The van der Waals surface area contributed by atoms with Crippen LogP contribution in [0.25, 0.3) is 0 Å². The lowest BCUT2D eigenvalue weighted by atomic mass is 10.0. The molecule has 0 bridgehead atoms. The number of anilines is 1. The van der Waals surface area contributed by atoms with E-state index in [1.807, 2.05) is 36.4 Å². The van der Waals surface area contributed by atoms with E-state index in [1.165, 1.54) is 5.56 Å². The average molecular weight is 243 g/mol. The molecule has 1 aromatic carbocycles. The summed E-state index contributed by atoms with van der Waals surface area (Å²) in [6.07, 6.45) is 7.90. The molecule has 0 fully saturated rings. The van der Waals surface area contributed by atoms with Crippen LogP contribution in [0.15, 0.2) is 48.1 Å². The Labute approximate surface area is 110 Å². The zero-order valence-electron chi connectivity index (χ0n) is 10.9. The Hall–Kier alpha value is -1.83. The molecular formula is C16H21NO. The Morgan fingerprint density at radius 1 is 1.33 bits per heavy atom. The molecule has 0 aromatic heterocycles. The van der Waals surface area contributed by atoms with Crippen molar-refractivity contribution in [3.05, 3.63) is 53.6 Å². The van der Waals surface area contributed by atoms with Gasteiger partial charge in [0.25, 0.3) is 5.91 Å². The first-order valence-electron chi connectivity index (χ1n) is 6.45. The molecule has 1 aliphatic carbocycles. The predicted octanol–water partition coefficient (Wildman–Crippen LogP) is 4.27. The van der Waals surface area contributed by atoms with E-state index in [1.54, 1.807) is 0 Å². The molecule has 0 heterocycles. The first kappa shape index (κ1) is 12.6. The summed E-state index contributed by atoms with van der Waals surface area (Å²) in [6.45, 7) is 4.29. The highest BCUT2D eigenvalue weighted by Gasteiger charge is 2.09. The van der Waals surface area contributed by atoms with Crippen LogP contribution in [0.3, 0.4) is 0 Å². The SMILES string of the molecule is CC(C)c1cccc(NC(=O)C2=CCCC=C2)c1.[HH]. The lowest BCUT2D eigenvalue weighted by Crippen LogP contribution is -2.14. The van der Waals surface area contributed by atoms with Gasteiger partial charge in [0.1, 0.15) is 0 Å². The van der Waals surface area contributed by atoms with Gasteiger partial charge in [0.05, 0.1) is 0 Å². The van der Waals surface area contributed by atoms with E-state index in [0.29, 0.717) is 5.92 Å². The summed E-state index contributed by atoms with van der Waals surface area (Å²) in [6, 6.07) is 8.03. The summed E-state index contributed by atoms with van der Waals surface area (Å²) < 4.78 is 0. The highest BCUT2D eigenvalue weighted by atomic mass is 16.1. The number of amides is 1. The molecule has 0 saturated heterocycles. The molecule has 18 heavy (non-hydrogen) atoms. The molecule has 0 radical (unpaired) electrons. The molecule has 2 heteroatoms. The van der Waals surface area contributed by atoms with Crippen LogP contribution < -0.4 is 5.32 Å². The number of hydrogen-bond acceptors (Lipinski definition) is 1. The summed E-state index contributed by atoms with van der Waals surface area (Å²) in [7, 11) is 0. The van der Waals surface area contributed by atoms with Gasteiger partial charge < -0.3 is 5.32 Å². The van der Waals surface area contributed by atoms with Crippen LogP contribution in [0, 0.1) is 0 Å². The molecule has 96 valence electrons. The van der Waals surface area contributed by atoms with Gasteiger partial charge in [-0.05, 0) is 36.5 Å². The summed E-state index contributed by atoms with van der Waals surface area (Å²) in [5.74, 6) is 0.447. The predicted molar refractivity (Wildman–Crippen MR) is 77.7 cm³/mol. The zero-order valence-corrected chi connectivity index (χ0v) is 10.9. The standard InChI is InChI=1S/C16H19NO.H2/c1-12(2)14-9-6-10-15(11-14)17-16(18)13-7-4-3-5-8-13;/h4,6-12H,3,5H2,1-2H3,(H,17,18);1H. The van der Waals surface area contributed by atoms with Gasteiger partial charge in [-0.1, -0.05) is 44.2 Å². The fourth-order valence-corrected chi connectivity index (χ4v) is 1.96. The summed E-state index contributed by atoms with van der Waals surface area (Å²) in [5, 5.41) is 2.95. The van der Waals surface area contributed by atoms with Gasteiger partial charge in [0, 0.05) is 12.7 Å². The fourth-order valence-electron chi connectivity index (χ4n) is 1.96. The van der Waals surface area contributed by atoms with Crippen LogP contribution >= 0.6 is 0 Å². The largest absolute Gasteiger partial charge is 0.322 e. The highest BCUT2D eigenvalue weighted by molar-refractivity contribution is 6.05. The van der Waals surface area contributed by atoms with Gasteiger partial charge in [0.2, 0.25) is 0 Å². The van der Waals surface area contributed by atoms with E-state index in [2.05, 4.69) is 25.2 Å². The van der Waals surface area contributed by atoms with Gasteiger partial charge in [0.15, 0.2) is 0 Å². The molecule has 1 aromatic rings. The van der Waals surface area contributed by atoms with Crippen molar-refractivity contribution in [1.29, 1.82) is 0 Å². The van der Waals surface area contributed by atoms with Gasteiger partial charge in [-0.3, -0.25) is 4.79 Å². The molecule has 2 rings (SSSR count). The zero-order chi connectivity index (χ0) is 13.0. The van der Waals surface area contributed by atoms with Crippen LogP contribution in [0.4, 0.5) is 5.69 Å². The molecule has 0 atom stereocenters. The van der Waals surface area contributed by atoms with E-state index in [9.17, 15) is 4.79 Å². The monoisotopic (exact) mass is 243 g/mol. The second-order valence-corrected chi connectivity index (χ2v) is 4.87. The number of carbonyl (C=O) groups is 1. The number of benzene rings is 1. The summed E-state index contributed by atoms with van der Waals surface area (Å²) >= 11 is 0. The Bertz CT molecular complexity index is 503. The first-order chi connectivity index (χ1) is 8.66. The first-order valence-corrected chi connectivity index (χ1v) is 6.45. The third-order valence-electron chi connectivity index (χ3n) is 3.07. The van der Waals surface area contributed by atoms with Crippen molar-refractivity contribution < 1.29 is 6.22 Å². The Morgan fingerprint density at radius 3 is 2.83 bits per heavy atom. The molecule has 1 aliphatic rings. The van der Waals surface area contributed by atoms with Crippen molar-refractivity contribution in [3.8, 4) is 0 Å². The molecule has 1 N–H and O–H groups in total.